The van der Waals surface area contributed by atoms with Crippen molar-refractivity contribution in [3.8, 4) is 0 Å². The van der Waals surface area contributed by atoms with Crippen molar-refractivity contribution in [2.75, 3.05) is 0 Å². The van der Waals surface area contributed by atoms with Gasteiger partial charge in [0.1, 0.15) is 17.7 Å². The third-order valence-corrected chi connectivity index (χ3v) is 6.06. The minimum atomic E-state index is -1.41. The molecule has 4 atom stereocenters. The van der Waals surface area contributed by atoms with Gasteiger partial charge in [-0.25, -0.2) is 9.59 Å². The van der Waals surface area contributed by atoms with Gasteiger partial charge < -0.3 is 36.0 Å². The quantitative estimate of drug-likeness (QED) is 0.181. The van der Waals surface area contributed by atoms with Crippen molar-refractivity contribution in [1.29, 1.82) is 0 Å². The van der Waals surface area contributed by atoms with Crippen LogP contribution in [0.1, 0.15) is 51.2 Å². The van der Waals surface area contributed by atoms with Crippen molar-refractivity contribution < 1.29 is 44.0 Å². The van der Waals surface area contributed by atoms with Gasteiger partial charge in [-0.2, -0.15) is 0 Å². The molecule has 0 unspecified atom stereocenters. The van der Waals surface area contributed by atoms with Crippen LogP contribution in [-0.4, -0.2) is 75.0 Å². The minimum Gasteiger partial charge on any atom is -0.481 e. The largest absolute Gasteiger partial charge is 0.481 e. The normalized spacial score (nSPS) is 14.0. The average molecular weight is 586 g/mol. The number of carboxylic acids is 2. The van der Waals surface area contributed by atoms with Gasteiger partial charge in [-0.1, -0.05) is 60.7 Å². The van der Waals surface area contributed by atoms with E-state index in [2.05, 4.69) is 16.0 Å². The fourth-order valence-electron chi connectivity index (χ4n) is 4.05. The summed E-state index contributed by atoms with van der Waals surface area (Å²) in [6.45, 7) is 5.04. The van der Waals surface area contributed by atoms with Gasteiger partial charge in [-0.15, -0.1) is 0 Å². The van der Waals surface area contributed by atoms with E-state index in [4.69, 9.17) is 9.84 Å². The number of carbonyl (C=O) groups excluding carboxylic acids is 3. The zero-order valence-corrected chi connectivity index (χ0v) is 23.9. The van der Waals surface area contributed by atoms with Gasteiger partial charge in [0.15, 0.2) is 0 Å². The van der Waals surface area contributed by atoms with Gasteiger partial charge in [0, 0.05) is 12.8 Å². The monoisotopic (exact) mass is 585 g/mol. The Balaban J connectivity index is 2.13. The number of carboxylic acid groups (broad SMARTS) is 2. The zero-order chi connectivity index (χ0) is 31.3. The lowest BCUT2D eigenvalue weighted by atomic mass is 9.98. The van der Waals surface area contributed by atoms with E-state index in [-0.39, 0.29) is 19.3 Å². The topological polar surface area (TPSA) is 191 Å². The van der Waals surface area contributed by atoms with Gasteiger partial charge in [0.05, 0.1) is 18.6 Å². The van der Waals surface area contributed by atoms with Crippen LogP contribution in [0.2, 0.25) is 0 Å². The first-order valence-electron chi connectivity index (χ1n) is 13.5. The first-order chi connectivity index (χ1) is 19.7. The van der Waals surface area contributed by atoms with E-state index in [0.29, 0.717) is 5.56 Å². The highest BCUT2D eigenvalue weighted by Gasteiger charge is 2.30. The third kappa shape index (κ3) is 12.8. The maximum Gasteiger partial charge on any atom is 0.407 e. The Kier molecular flexibility index (Phi) is 12.9. The molecule has 0 saturated carbocycles. The second-order valence-electron chi connectivity index (χ2n) is 10.9. The van der Waals surface area contributed by atoms with E-state index >= 15 is 0 Å². The first kappa shape index (κ1) is 33.8. The standard InChI is InChI=1S/C30H39N3O9/c1-30(2,3)42-29(41)33-22(16-19-10-6-4-7-11-19)24(34)18-25(35)31-21(14-15-26(36)37)27(38)32-23(28(39)40)17-20-12-8-5-9-13-20/h4-13,21-24,34H,14-18H2,1-3H3,(H,31,35)(H,32,38)(H,33,41)(H,36,37)(H,39,40)/t21-,22+,23-,24-/m0/s1. The molecular weight excluding hydrogens is 546 g/mol. The highest BCUT2D eigenvalue weighted by atomic mass is 16.6. The Hall–Kier alpha value is -4.45. The highest BCUT2D eigenvalue weighted by Crippen LogP contribution is 2.13. The molecule has 228 valence electrons. The molecule has 0 heterocycles. The molecule has 0 spiro atoms. The number of ether oxygens (including phenoxy) is 1. The molecular formula is C30H39N3O9. The summed E-state index contributed by atoms with van der Waals surface area (Å²) in [7, 11) is 0. The number of alkyl carbamates (subject to hydrolysis) is 1. The molecule has 12 heteroatoms. The van der Waals surface area contributed by atoms with Crippen LogP contribution in [0.5, 0.6) is 0 Å². The van der Waals surface area contributed by atoms with E-state index in [9.17, 15) is 34.2 Å². The number of hydrogen-bond donors (Lipinski definition) is 6. The van der Waals surface area contributed by atoms with Crippen LogP contribution in [-0.2, 0) is 36.8 Å². The van der Waals surface area contributed by atoms with Gasteiger partial charge in [-0.3, -0.25) is 14.4 Å². The van der Waals surface area contributed by atoms with E-state index in [1.54, 1.807) is 81.4 Å². The van der Waals surface area contributed by atoms with Crippen molar-refractivity contribution in [1.82, 2.24) is 16.0 Å². The minimum absolute atomic E-state index is 0.0300. The fourth-order valence-corrected chi connectivity index (χ4v) is 4.05. The molecule has 3 amide bonds. The summed E-state index contributed by atoms with van der Waals surface area (Å²) in [5.74, 6) is -4.20. The molecule has 0 saturated heterocycles. The summed E-state index contributed by atoms with van der Waals surface area (Å²) in [6, 6.07) is 13.9. The lowest BCUT2D eigenvalue weighted by Gasteiger charge is -2.27. The number of benzene rings is 2. The van der Waals surface area contributed by atoms with Gasteiger partial charge >= 0.3 is 18.0 Å². The van der Waals surface area contributed by atoms with Crippen LogP contribution in [0.4, 0.5) is 4.79 Å². The number of hydrogen-bond acceptors (Lipinski definition) is 7. The van der Waals surface area contributed by atoms with Crippen molar-refractivity contribution in [2.45, 2.75) is 82.7 Å². The van der Waals surface area contributed by atoms with Gasteiger partial charge in [0.25, 0.3) is 0 Å². The summed E-state index contributed by atoms with van der Waals surface area (Å²) in [5.41, 5.74) is 0.624. The molecule has 2 aromatic carbocycles. The van der Waals surface area contributed by atoms with Crippen LogP contribution >= 0.6 is 0 Å². The van der Waals surface area contributed by atoms with E-state index in [0.717, 1.165) is 5.56 Å². The summed E-state index contributed by atoms with van der Waals surface area (Å²) in [5, 5.41) is 37.1. The molecule has 42 heavy (non-hydrogen) atoms. The van der Waals surface area contributed by atoms with E-state index in [1.807, 2.05) is 0 Å². The van der Waals surface area contributed by atoms with Crippen molar-refractivity contribution >= 4 is 29.8 Å². The van der Waals surface area contributed by atoms with Gasteiger partial charge in [0.2, 0.25) is 11.8 Å². The van der Waals surface area contributed by atoms with Crippen LogP contribution in [0.15, 0.2) is 60.7 Å². The highest BCUT2D eigenvalue weighted by molar-refractivity contribution is 5.91. The smallest absolute Gasteiger partial charge is 0.407 e. The molecule has 0 radical (unpaired) electrons. The van der Waals surface area contributed by atoms with E-state index in [1.165, 1.54) is 0 Å². The molecule has 2 aromatic rings. The number of carbonyl (C=O) groups is 5. The molecule has 12 nitrogen and oxygen atoms in total. The summed E-state index contributed by atoms with van der Waals surface area (Å²) < 4.78 is 5.29. The maximum absolute atomic E-state index is 13.0. The molecule has 6 N–H and O–H groups in total. The number of rotatable bonds is 15. The Morgan fingerprint density at radius 3 is 1.83 bits per heavy atom. The second kappa shape index (κ2) is 16.1. The lowest BCUT2D eigenvalue weighted by molar-refractivity contribution is -0.143. The summed E-state index contributed by atoms with van der Waals surface area (Å²) in [6.07, 6.45) is -3.41. The van der Waals surface area contributed by atoms with Crippen molar-refractivity contribution in [3.63, 3.8) is 0 Å². The maximum atomic E-state index is 13.0. The molecule has 2 rings (SSSR count). The molecule has 0 fully saturated rings. The lowest BCUT2D eigenvalue weighted by Crippen LogP contribution is -2.53. The number of aliphatic carboxylic acids is 2. The molecule has 0 aliphatic heterocycles. The predicted octanol–water partition coefficient (Wildman–Crippen LogP) is 2.04. The Morgan fingerprint density at radius 1 is 0.786 bits per heavy atom. The third-order valence-electron chi connectivity index (χ3n) is 6.06. The van der Waals surface area contributed by atoms with Crippen LogP contribution < -0.4 is 16.0 Å². The van der Waals surface area contributed by atoms with Crippen molar-refractivity contribution in [3.05, 3.63) is 71.8 Å². The van der Waals surface area contributed by atoms with E-state index < -0.39 is 72.5 Å². The fraction of sp³-hybridized carbons (Fsp3) is 0.433. The molecule has 0 aliphatic carbocycles. The number of aliphatic hydroxyl groups excluding tert-OH is 1. The second-order valence-corrected chi connectivity index (χ2v) is 10.9. The SMILES string of the molecule is CC(C)(C)OC(=O)N[C@H](Cc1ccccc1)[C@@H](O)CC(=O)N[C@@H](CCC(=O)O)C(=O)N[C@@H](Cc1ccccc1)C(=O)O. The summed E-state index contributed by atoms with van der Waals surface area (Å²) in [4.78, 5) is 61.4. The Morgan fingerprint density at radius 2 is 1.33 bits per heavy atom. The van der Waals surface area contributed by atoms with Crippen LogP contribution in [0.25, 0.3) is 0 Å². The number of amides is 3. The molecule has 0 bridgehead atoms. The summed E-state index contributed by atoms with van der Waals surface area (Å²) >= 11 is 0. The Labute approximate surface area is 244 Å². The average Bonchev–Trinajstić information content (AvgIpc) is 2.90. The molecule has 0 aliphatic rings. The number of nitrogens with one attached hydrogen (secondary N) is 3. The van der Waals surface area contributed by atoms with Gasteiger partial charge in [-0.05, 0) is 44.7 Å². The molecule has 0 aromatic heterocycles. The Bertz CT molecular complexity index is 1200. The first-order valence-corrected chi connectivity index (χ1v) is 13.5. The van der Waals surface area contributed by atoms with Crippen molar-refractivity contribution in [2.24, 2.45) is 0 Å². The number of aliphatic hydroxyl groups is 1. The predicted molar refractivity (Wildman–Crippen MR) is 152 cm³/mol. The van der Waals surface area contributed by atoms with Crippen LogP contribution in [0, 0.1) is 0 Å². The zero-order valence-electron chi connectivity index (χ0n) is 23.9. The van der Waals surface area contributed by atoms with Crippen LogP contribution in [0.3, 0.4) is 0 Å².